The molecule has 1 saturated carbocycles. The van der Waals surface area contributed by atoms with E-state index in [0.717, 1.165) is 31.5 Å². The molecule has 0 atom stereocenters. The van der Waals surface area contributed by atoms with Crippen molar-refractivity contribution in [1.82, 2.24) is 10.3 Å². The number of ether oxygens (including phenoxy) is 1. The second-order valence-corrected chi connectivity index (χ2v) is 7.19. The molecule has 1 fully saturated rings. The van der Waals surface area contributed by atoms with Crippen LogP contribution in [0.4, 0.5) is 10.6 Å². The Labute approximate surface area is 142 Å². The van der Waals surface area contributed by atoms with Gasteiger partial charge in [0, 0.05) is 17.8 Å². The van der Waals surface area contributed by atoms with E-state index in [4.69, 9.17) is 10.5 Å². The number of nitrogens with two attached hydrogens (primary N) is 1. The van der Waals surface area contributed by atoms with Crippen LogP contribution in [0.3, 0.4) is 0 Å². The van der Waals surface area contributed by atoms with Gasteiger partial charge in [-0.2, -0.15) is 0 Å². The van der Waals surface area contributed by atoms with Gasteiger partial charge < -0.3 is 21.1 Å². The second kappa shape index (κ2) is 7.51. The van der Waals surface area contributed by atoms with Crippen molar-refractivity contribution in [3.05, 3.63) is 23.9 Å². The van der Waals surface area contributed by atoms with E-state index in [1.807, 2.05) is 20.8 Å². The fraction of sp³-hybridized carbons (Fsp3) is 0.588. The SMILES string of the molecule is CC(C)(C)NC(=O)OC1CCC(Nc2ccc(C(N)=O)cn2)CC1. The normalized spacial score (nSPS) is 21.0. The predicted molar refractivity (Wildman–Crippen MR) is 91.8 cm³/mol. The van der Waals surface area contributed by atoms with Crippen molar-refractivity contribution in [3.8, 4) is 0 Å². The highest BCUT2D eigenvalue weighted by atomic mass is 16.6. The van der Waals surface area contributed by atoms with Crippen molar-refractivity contribution in [1.29, 1.82) is 0 Å². The highest BCUT2D eigenvalue weighted by molar-refractivity contribution is 5.92. The first-order chi connectivity index (χ1) is 11.2. The Morgan fingerprint density at radius 3 is 2.38 bits per heavy atom. The minimum absolute atomic E-state index is 0.0457. The van der Waals surface area contributed by atoms with Crippen LogP contribution in [0.5, 0.6) is 0 Å². The lowest BCUT2D eigenvalue weighted by Crippen LogP contribution is -2.43. The summed E-state index contributed by atoms with van der Waals surface area (Å²) in [7, 11) is 0. The van der Waals surface area contributed by atoms with Gasteiger partial charge in [0.2, 0.25) is 5.91 Å². The van der Waals surface area contributed by atoms with Crippen molar-refractivity contribution >= 4 is 17.8 Å². The zero-order valence-electron chi connectivity index (χ0n) is 14.5. The number of hydrogen-bond donors (Lipinski definition) is 3. The molecule has 0 saturated heterocycles. The first-order valence-corrected chi connectivity index (χ1v) is 8.24. The molecule has 2 amide bonds. The Morgan fingerprint density at radius 2 is 1.88 bits per heavy atom. The Hall–Kier alpha value is -2.31. The molecule has 4 N–H and O–H groups in total. The van der Waals surface area contributed by atoms with Crippen molar-refractivity contribution in [3.63, 3.8) is 0 Å². The number of hydrogen-bond acceptors (Lipinski definition) is 5. The number of alkyl carbamates (subject to hydrolysis) is 1. The molecule has 1 aliphatic carbocycles. The number of aromatic nitrogens is 1. The van der Waals surface area contributed by atoms with Gasteiger partial charge in [0.05, 0.1) is 5.56 Å². The topological polar surface area (TPSA) is 106 Å². The number of pyridine rings is 1. The van der Waals surface area contributed by atoms with Crippen LogP contribution >= 0.6 is 0 Å². The number of carbonyl (C=O) groups excluding carboxylic acids is 2. The van der Waals surface area contributed by atoms with Gasteiger partial charge in [-0.05, 0) is 58.6 Å². The fourth-order valence-corrected chi connectivity index (χ4v) is 2.65. The molecule has 0 radical (unpaired) electrons. The number of primary amides is 1. The third-order valence-electron chi connectivity index (χ3n) is 3.82. The molecule has 132 valence electrons. The zero-order chi connectivity index (χ0) is 17.7. The summed E-state index contributed by atoms with van der Waals surface area (Å²) in [6, 6.07) is 3.69. The molecule has 1 aliphatic rings. The van der Waals surface area contributed by atoms with Gasteiger partial charge in [-0.3, -0.25) is 4.79 Å². The maximum Gasteiger partial charge on any atom is 0.407 e. The Morgan fingerprint density at radius 1 is 1.21 bits per heavy atom. The van der Waals surface area contributed by atoms with Gasteiger partial charge in [0.15, 0.2) is 0 Å². The van der Waals surface area contributed by atoms with Crippen LogP contribution in [0.15, 0.2) is 18.3 Å². The lowest BCUT2D eigenvalue weighted by Gasteiger charge is -2.30. The molecule has 0 spiro atoms. The predicted octanol–water partition coefficient (Wildman–Crippen LogP) is 2.43. The Balaban J connectivity index is 1.76. The van der Waals surface area contributed by atoms with E-state index in [9.17, 15) is 9.59 Å². The number of rotatable bonds is 4. The van der Waals surface area contributed by atoms with E-state index in [-0.39, 0.29) is 23.8 Å². The average Bonchev–Trinajstić information content (AvgIpc) is 2.48. The largest absolute Gasteiger partial charge is 0.446 e. The average molecular weight is 334 g/mol. The number of carbonyl (C=O) groups is 2. The quantitative estimate of drug-likeness (QED) is 0.784. The van der Waals surface area contributed by atoms with Gasteiger partial charge >= 0.3 is 6.09 Å². The van der Waals surface area contributed by atoms with Gasteiger partial charge in [0.25, 0.3) is 0 Å². The Bertz CT molecular complexity index is 572. The third kappa shape index (κ3) is 5.72. The molecule has 0 aromatic carbocycles. The summed E-state index contributed by atoms with van der Waals surface area (Å²) in [6.07, 6.45) is 4.48. The minimum Gasteiger partial charge on any atom is -0.446 e. The molecule has 24 heavy (non-hydrogen) atoms. The molecule has 0 bridgehead atoms. The number of anilines is 1. The Kier molecular flexibility index (Phi) is 5.64. The van der Waals surface area contributed by atoms with Crippen LogP contribution in [0.1, 0.15) is 56.8 Å². The molecule has 7 nitrogen and oxygen atoms in total. The third-order valence-corrected chi connectivity index (χ3v) is 3.82. The summed E-state index contributed by atoms with van der Waals surface area (Å²) < 4.78 is 5.46. The summed E-state index contributed by atoms with van der Waals surface area (Å²) in [4.78, 5) is 27.0. The number of amides is 2. The van der Waals surface area contributed by atoms with Crippen LogP contribution in [-0.2, 0) is 4.74 Å². The van der Waals surface area contributed by atoms with Crippen LogP contribution in [0, 0.1) is 0 Å². The van der Waals surface area contributed by atoms with Gasteiger partial charge in [-0.15, -0.1) is 0 Å². The zero-order valence-corrected chi connectivity index (χ0v) is 14.5. The van der Waals surface area contributed by atoms with Crippen LogP contribution in [0.2, 0.25) is 0 Å². The first kappa shape index (κ1) is 18.0. The monoisotopic (exact) mass is 334 g/mol. The summed E-state index contributed by atoms with van der Waals surface area (Å²) >= 11 is 0. The van der Waals surface area contributed by atoms with E-state index in [1.54, 1.807) is 12.1 Å². The maximum absolute atomic E-state index is 11.8. The second-order valence-electron chi connectivity index (χ2n) is 7.19. The molecular formula is C17H26N4O3. The van der Waals surface area contributed by atoms with Crippen molar-refractivity contribution < 1.29 is 14.3 Å². The van der Waals surface area contributed by atoms with Crippen molar-refractivity contribution in [2.75, 3.05) is 5.32 Å². The molecule has 1 aromatic heterocycles. The van der Waals surface area contributed by atoms with E-state index >= 15 is 0 Å². The van der Waals surface area contributed by atoms with Crippen molar-refractivity contribution in [2.24, 2.45) is 5.73 Å². The first-order valence-electron chi connectivity index (χ1n) is 8.24. The van der Waals surface area contributed by atoms with Gasteiger partial charge in [-0.1, -0.05) is 0 Å². The van der Waals surface area contributed by atoms with E-state index in [1.165, 1.54) is 6.20 Å². The van der Waals surface area contributed by atoms with Crippen LogP contribution < -0.4 is 16.4 Å². The molecule has 2 rings (SSSR count). The van der Waals surface area contributed by atoms with E-state index in [0.29, 0.717) is 5.56 Å². The highest BCUT2D eigenvalue weighted by Gasteiger charge is 2.25. The van der Waals surface area contributed by atoms with Crippen LogP contribution in [0.25, 0.3) is 0 Å². The standard InChI is InChI=1S/C17H26N4O3/c1-17(2,3)21-16(23)24-13-7-5-12(6-8-13)20-14-9-4-11(10-19-14)15(18)22/h4,9-10,12-13H,5-8H2,1-3H3,(H2,18,22)(H,19,20)(H,21,23). The number of nitrogens with zero attached hydrogens (tertiary/aromatic N) is 1. The smallest absolute Gasteiger partial charge is 0.407 e. The van der Waals surface area contributed by atoms with E-state index < -0.39 is 5.91 Å². The molecule has 1 aromatic rings. The molecule has 7 heteroatoms. The number of nitrogens with one attached hydrogen (secondary N) is 2. The van der Waals surface area contributed by atoms with Crippen LogP contribution in [-0.4, -0.2) is 34.7 Å². The lowest BCUT2D eigenvalue weighted by atomic mass is 9.93. The highest BCUT2D eigenvalue weighted by Crippen LogP contribution is 2.24. The minimum atomic E-state index is -0.486. The van der Waals surface area contributed by atoms with Gasteiger partial charge in [-0.25, -0.2) is 9.78 Å². The maximum atomic E-state index is 11.8. The van der Waals surface area contributed by atoms with Crippen molar-refractivity contribution in [2.45, 2.75) is 64.1 Å². The van der Waals surface area contributed by atoms with Gasteiger partial charge in [0.1, 0.15) is 11.9 Å². The molecule has 0 unspecified atom stereocenters. The lowest BCUT2D eigenvalue weighted by molar-refractivity contribution is 0.0682. The van der Waals surface area contributed by atoms with E-state index in [2.05, 4.69) is 15.6 Å². The fourth-order valence-electron chi connectivity index (χ4n) is 2.65. The summed E-state index contributed by atoms with van der Waals surface area (Å²) in [5.41, 5.74) is 5.29. The molecule has 0 aliphatic heterocycles. The summed E-state index contributed by atoms with van der Waals surface area (Å²) in [5, 5.41) is 6.15. The molecule has 1 heterocycles. The summed E-state index contributed by atoms with van der Waals surface area (Å²) in [6.45, 7) is 5.77. The summed E-state index contributed by atoms with van der Waals surface area (Å²) in [5.74, 6) is 0.232. The molecular weight excluding hydrogens is 308 g/mol.